The van der Waals surface area contributed by atoms with E-state index in [0.717, 1.165) is 18.8 Å². The van der Waals surface area contributed by atoms with Gasteiger partial charge < -0.3 is 10.6 Å². The van der Waals surface area contributed by atoms with Gasteiger partial charge in [-0.3, -0.25) is 4.99 Å². The summed E-state index contributed by atoms with van der Waals surface area (Å²) in [6.45, 7) is 3.35. The van der Waals surface area contributed by atoms with Crippen LogP contribution in [0, 0.1) is 5.92 Å². The highest BCUT2D eigenvalue weighted by atomic mass is 15.1. The van der Waals surface area contributed by atoms with Crippen LogP contribution in [0.5, 0.6) is 0 Å². The van der Waals surface area contributed by atoms with Crippen LogP contribution >= 0.6 is 0 Å². The van der Waals surface area contributed by atoms with Crippen LogP contribution in [0.4, 0.5) is 0 Å². The van der Waals surface area contributed by atoms with Gasteiger partial charge in [-0.2, -0.15) is 0 Å². The van der Waals surface area contributed by atoms with E-state index in [9.17, 15) is 0 Å². The minimum absolute atomic E-state index is 0.413. The Balaban J connectivity index is 1.99. The number of nitrogens with zero attached hydrogens (tertiary/aromatic N) is 1. The molecule has 3 heteroatoms. The van der Waals surface area contributed by atoms with Gasteiger partial charge in [0.2, 0.25) is 0 Å². The molecule has 1 fully saturated rings. The number of aliphatic imine (C=N–C) groups is 1. The third-order valence-corrected chi connectivity index (χ3v) is 3.17. The molecule has 0 aromatic rings. The zero-order chi connectivity index (χ0) is 11.4. The summed E-state index contributed by atoms with van der Waals surface area (Å²) in [7, 11) is 1.86. The Morgan fingerprint density at radius 2 is 2.44 bits per heavy atom. The Hall–Kier alpha value is -1.09. The van der Waals surface area contributed by atoms with Gasteiger partial charge in [0.15, 0.2) is 0 Å². The molecule has 2 N–H and O–H groups in total. The Morgan fingerprint density at radius 3 is 3.06 bits per heavy atom. The average Bonchev–Trinajstić information content (AvgIpc) is 2.79. The van der Waals surface area contributed by atoms with Gasteiger partial charge in [-0.1, -0.05) is 19.1 Å². The summed E-state index contributed by atoms with van der Waals surface area (Å²) in [5.74, 6) is 1.70. The lowest BCUT2D eigenvalue weighted by molar-refractivity contribution is 0.711. The van der Waals surface area contributed by atoms with E-state index in [-0.39, 0.29) is 0 Å². The molecule has 1 saturated heterocycles. The fraction of sp³-hybridized carbons (Fsp3) is 0.615. The van der Waals surface area contributed by atoms with E-state index in [1.807, 2.05) is 7.05 Å². The lowest BCUT2D eigenvalue weighted by Crippen LogP contribution is -2.40. The van der Waals surface area contributed by atoms with Crippen molar-refractivity contribution >= 4 is 5.84 Å². The Bertz CT molecular complexity index is 322. The fourth-order valence-corrected chi connectivity index (χ4v) is 2.29. The van der Waals surface area contributed by atoms with Gasteiger partial charge in [0.05, 0.1) is 6.04 Å². The van der Waals surface area contributed by atoms with Gasteiger partial charge in [0.1, 0.15) is 5.84 Å². The third kappa shape index (κ3) is 2.73. The summed E-state index contributed by atoms with van der Waals surface area (Å²) in [4.78, 5) is 4.36. The molecule has 88 valence electrons. The normalized spacial score (nSPS) is 30.4. The molecule has 1 heterocycles. The summed E-state index contributed by atoms with van der Waals surface area (Å²) < 4.78 is 0. The molecule has 0 aromatic carbocycles. The van der Waals surface area contributed by atoms with Crippen LogP contribution in [0.1, 0.15) is 26.2 Å². The lowest BCUT2D eigenvalue weighted by atomic mass is 10.0. The second kappa shape index (κ2) is 5.30. The molecule has 16 heavy (non-hydrogen) atoms. The smallest absolute Gasteiger partial charge is 0.118 e. The van der Waals surface area contributed by atoms with Crippen molar-refractivity contribution < 1.29 is 0 Å². The first-order chi connectivity index (χ1) is 7.79. The minimum Gasteiger partial charge on any atom is -0.343 e. The summed E-state index contributed by atoms with van der Waals surface area (Å²) in [6, 6.07) is 0.413. The first kappa shape index (κ1) is 11.4. The number of rotatable bonds is 2. The van der Waals surface area contributed by atoms with Crippen molar-refractivity contribution in [2.75, 3.05) is 13.6 Å². The van der Waals surface area contributed by atoms with Crippen molar-refractivity contribution in [2.24, 2.45) is 10.9 Å². The SMILES string of the molecule is CN=C(NC1=CC(C)CC=C1)C1CCCN1. The number of hydrogen-bond acceptors (Lipinski definition) is 2. The van der Waals surface area contributed by atoms with Crippen molar-refractivity contribution in [2.45, 2.75) is 32.2 Å². The second-order valence-corrected chi connectivity index (χ2v) is 4.62. The van der Waals surface area contributed by atoms with Gasteiger partial charge in [0, 0.05) is 12.7 Å². The lowest BCUT2D eigenvalue weighted by Gasteiger charge is -2.19. The van der Waals surface area contributed by atoms with Crippen LogP contribution < -0.4 is 10.6 Å². The van der Waals surface area contributed by atoms with Gasteiger partial charge in [-0.25, -0.2) is 0 Å². The second-order valence-electron chi connectivity index (χ2n) is 4.62. The summed E-state index contributed by atoms with van der Waals surface area (Å²) in [5, 5.41) is 6.90. The average molecular weight is 219 g/mol. The van der Waals surface area contributed by atoms with Crippen LogP contribution in [-0.2, 0) is 0 Å². The zero-order valence-corrected chi connectivity index (χ0v) is 10.2. The van der Waals surface area contributed by atoms with Gasteiger partial charge in [-0.05, 0) is 37.8 Å². The molecule has 2 aliphatic rings. The van der Waals surface area contributed by atoms with Crippen LogP contribution in [0.25, 0.3) is 0 Å². The first-order valence-corrected chi connectivity index (χ1v) is 6.15. The largest absolute Gasteiger partial charge is 0.343 e. The Morgan fingerprint density at radius 1 is 1.56 bits per heavy atom. The Labute approximate surface area is 97.7 Å². The van der Waals surface area contributed by atoms with E-state index in [1.165, 1.54) is 18.5 Å². The van der Waals surface area contributed by atoms with Crippen LogP contribution in [0.3, 0.4) is 0 Å². The molecule has 0 bridgehead atoms. The number of amidine groups is 1. The predicted octanol–water partition coefficient (Wildman–Crippen LogP) is 1.84. The fourth-order valence-electron chi connectivity index (χ4n) is 2.29. The molecule has 2 unspecified atom stereocenters. The third-order valence-electron chi connectivity index (χ3n) is 3.17. The molecular weight excluding hydrogens is 198 g/mol. The molecule has 0 amide bonds. The highest BCUT2D eigenvalue weighted by molar-refractivity contribution is 5.89. The van der Waals surface area contributed by atoms with Crippen molar-refractivity contribution in [3.05, 3.63) is 23.9 Å². The molecular formula is C13H21N3. The highest BCUT2D eigenvalue weighted by Crippen LogP contribution is 2.15. The molecule has 1 aliphatic carbocycles. The van der Waals surface area contributed by atoms with Crippen LogP contribution in [0.2, 0.25) is 0 Å². The quantitative estimate of drug-likeness (QED) is 0.549. The maximum Gasteiger partial charge on any atom is 0.118 e. The zero-order valence-electron chi connectivity index (χ0n) is 10.2. The standard InChI is InChI=1S/C13H21N3/c1-10-5-3-6-11(9-10)16-13(14-2)12-7-4-8-15-12/h3,6,9-10,12,15H,4-5,7-8H2,1-2H3,(H,14,16). The number of allylic oxidation sites excluding steroid dienone is 3. The summed E-state index contributed by atoms with van der Waals surface area (Å²) in [5.41, 5.74) is 1.19. The Kier molecular flexibility index (Phi) is 3.78. The molecule has 2 rings (SSSR count). The van der Waals surface area contributed by atoms with Gasteiger partial charge >= 0.3 is 0 Å². The molecule has 2 atom stereocenters. The molecule has 0 aromatic heterocycles. The molecule has 0 spiro atoms. The first-order valence-electron chi connectivity index (χ1n) is 6.15. The van der Waals surface area contributed by atoms with E-state index in [0.29, 0.717) is 12.0 Å². The molecule has 0 radical (unpaired) electrons. The van der Waals surface area contributed by atoms with Gasteiger partial charge in [0.25, 0.3) is 0 Å². The topological polar surface area (TPSA) is 36.4 Å². The van der Waals surface area contributed by atoms with Gasteiger partial charge in [-0.15, -0.1) is 0 Å². The van der Waals surface area contributed by atoms with Crippen molar-refractivity contribution in [1.82, 2.24) is 10.6 Å². The molecule has 3 nitrogen and oxygen atoms in total. The van der Waals surface area contributed by atoms with Crippen LogP contribution in [0.15, 0.2) is 28.9 Å². The molecule has 1 aliphatic heterocycles. The van der Waals surface area contributed by atoms with E-state index in [4.69, 9.17) is 0 Å². The number of hydrogen-bond donors (Lipinski definition) is 2. The highest BCUT2D eigenvalue weighted by Gasteiger charge is 2.20. The predicted molar refractivity (Wildman–Crippen MR) is 68.5 cm³/mol. The van der Waals surface area contributed by atoms with E-state index >= 15 is 0 Å². The molecule has 0 saturated carbocycles. The maximum atomic E-state index is 4.36. The maximum absolute atomic E-state index is 4.36. The monoisotopic (exact) mass is 219 g/mol. The van der Waals surface area contributed by atoms with Crippen molar-refractivity contribution in [3.8, 4) is 0 Å². The van der Waals surface area contributed by atoms with E-state index < -0.39 is 0 Å². The van der Waals surface area contributed by atoms with Crippen molar-refractivity contribution in [3.63, 3.8) is 0 Å². The summed E-state index contributed by atoms with van der Waals surface area (Å²) >= 11 is 0. The van der Waals surface area contributed by atoms with E-state index in [2.05, 4.69) is 40.8 Å². The summed E-state index contributed by atoms with van der Waals surface area (Å²) in [6.07, 6.45) is 10.2. The van der Waals surface area contributed by atoms with E-state index in [1.54, 1.807) is 0 Å². The minimum atomic E-state index is 0.413. The van der Waals surface area contributed by atoms with Crippen LogP contribution in [-0.4, -0.2) is 25.5 Å². The number of nitrogens with one attached hydrogen (secondary N) is 2. The van der Waals surface area contributed by atoms with Crippen molar-refractivity contribution in [1.29, 1.82) is 0 Å².